The number of pyridine rings is 1. The number of sulfonamides is 1. The first kappa shape index (κ1) is 21.1. The molecule has 1 aromatic heterocycles. The summed E-state index contributed by atoms with van der Waals surface area (Å²) in [6.07, 6.45) is 1.28. The van der Waals surface area contributed by atoms with E-state index in [1.807, 2.05) is 24.3 Å². The molecular weight excluding hydrogens is 388 g/mol. The van der Waals surface area contributed by atoms with E-state index >= 15 is 0 Å². The lowest BCUT2D eigenvalue weighted by Crippen LogP contribution is -2.54. The Labute approximate surface area is 172 Å². The highest BCUT2D eigenvalue weighted by Gasteiger charge is 2.34. The molecular formula is C21H26N4O3S. The Morgan fingerprint density at radius 1 is 1.17 bits per heavy atom. The van der Waals surface area contributed by atoms with Crippen LogP contribution in [0.15, 0.2) is 47.5 Å². The summed E-state index contributed by atoms with van der Waals surface area (Å²) in [5, 5.41) is 10.2. The molecule has 1 fully saturated rings. The Kier molecular flexibility index (Phi) is 5.85. The van der Waals surface area contributed by atoms with Gasteiger partial charge >= 0.3 is 0 Å². The number of nitrogens with zero attached hydrogens (tertiary/aromatic N) is 3. The topological polar surface area (TPSA) is 99.8 Å². The molecule has 2 aromatic rings. The number of aromatic nitrogens is 1. The van der Waals surface area contributed by atoms with Gasteiger partial charge in [0.1, 0.15) is 16.8 Å². The van der Waals surface area contributed by atoms with Gasteiger partial charge in [-0.3, -0.25) is 0 Å². The van der Waals surface area contributed by atoms with Gasteiger partial charge in [0.25, 0.3) is 0 Å². The third kappa shape index (κ3) is 4.53. The highest BCUT2D eigenvalue weighted by Crippen LogP contribution is 2.27. The van der Waals surface area contributed by atoms with Crippen LogP contribution in [0.1, 0.15) is 26.3 Å². The molecule has 154 valence electrons. The maximum absolute atomic E-state index is 13.0. The van der Waals surface area contributed by atoms with Crippen LogP contribution in [0.5, 0.6) is 0 Å². The quantitative estimate of drug-likeness (QED) is 0.740. The second-order valence-corrected chi connectivity index (χ2v) is 9.43. The summed E-state index contributed by atoms with van der Waals surface area (Å²) in [6.45, 7) is 6.31. The predicted octanol–water partition coefficient (Wildman–Crippen LogP) is 1.79. The molecule has 1 atom stereocenters. The van der Waals surface area contributed by atoms with E-state index in [2.05, 4.69) is 21.7 Å². The van der Waals surface area contributed by atoms with Crippen molar-refractivity contribution < 1.29 is 13.5 Å². The number of benzene rings is 1. The molecule has 3 rings (SSSR count). The summed E-state index contributed by atoms with van der Waals surface area (Å²) in [5.41, 5.74) is 6.41. The average molecular weight is 415 g/mol. The summed E-state index contributed by atoms with van der Waals surface area (Å²) in [4.78, 5) is 6.12. The summed E-state index contributed by atoms with van der Waals surface area (Å²) in [5.74, 6) is 6.31. The number of nitrogens with two attached hydrogens (primary N) is 1. The zero-order valence-corrected chi connectivity index (χ0v) is 17.6. The molecule has 1 aromatic carbocycles. The molecule has 1 saturated heterocycles. The first-order chi connectivity index (χ1) is 13.6. The van der Waals surface area contributed by atoms with Crippen molar-refractivity contribution in [1.29, 1.82) is 0 Å². The molecule has 0 radical (unpaired) electrons. The van der Waals surface area contributed by atoms with Crippen LogP contribution in [0.2, 0.25) is 0 Å². The van der Waals surface area contributed by atoms with Crippen LogP contribution >= 0.6 is 0 Å². The maximum atomic E-state index is 13.0. The van der Waals surface area contributed by atoms with E-state index in [0.29, 0.717) is 13.1 Å². The van der Waals surface area contributed by atoms with Crippen molar-refractivity contribution in [3.05, 3.63) is 48.2 Å². The van der Waals surface area contributed by atoms with Crippen LogP contribution in [0.25, 0.3) is 0 Å². The lowest BCUT2D eigenvalue weighted by atomic mass is 9.98. The average Bonchev–Trinajstić information content (AvgIpc) is 2.68. The fourth-order valence-electron chi connectivity index (χ4n) is 3.33. The molecule has 3 N–H and O–H groups in total. The predicted molar refractivity (Wildman–Crippen MR) is 114 cm³/mol. The van der Waals surface area contributed by atoms with Crippen LogP contribution in [0.4, 0.5) is 11.5 Å². The van der Waals surface area contributed by atoms with Gasteiger partial charge in [0, 0.05) is 31.5 Å². The first-order valence-corrected chi connectivity index (χ1v) is 10.8. The van der Waals surface area contributed by atoms with Gasteiger partial charge in [-0.2, -0.15) is 4.31 Å². The van der Waals surface area contributed by atoms with Gasteiger partial charge in [-0.15, -0.1) is 5.92 Å². The lowest BCUT2D eigenvalue weighted by Gasteiger charge is -2.40. The van der Waals surface area contributed by atoms with Gasteiger partial charge in [0.2, 0.25) is 10.0 Å². The molecule has 7 nitrogen and oxygen atoms in total. The van der Waals surface area contributed by atoms with Crippen LogP contribution in [-0.2, 0) is 15.6 Å². The fourth-order valence-corrected chi connectivity index (χ4v) is 4.71. The Morgan fingerprint density at radius 2 is 1.86 bits per heavy atom. The van der Waals surface area contributed by atoms with E-state index in [1.165, 1.54) is 22.6 Å². The van der Waals surface area contributed by atoms with Crippen molar-refractivity contribution in [2.75, 3.05) is 30.3 Å². The van der Waals surface area contributed by atoms with Crippen LogP contribution < -0.4 is 10.6 Å². The smallest absolute Gasteiger partial charge is 0.244 e. The zero-order chi connectivity index (χ0) is 21.2. The third-order valence-electron chi connectivity index (χ3n) is 4.96. The Balaban J connectivity index is 1.84. The number of nitrogen functional groups attached to an aromatic ring is 1. The van der Waals surface area contributed by atoms with Crippen molar-refractivity contribution in [2.45, 2.75) is 37.3 Å². The number of hydrogen-bond acceptors (Lipinski definition) is 6. The molecule has 0 spiro atoms. The van der Waals surface area contributed by atoms with E-state index in [4.69, 9.17) is 5.73 Å². The second kappa shape index (κ2) is 8.03. The SMILES string of the molecule is CC#CC1CN(S(=O)(=O)c2ccc(N)nc2)CCN1c1ccc(C(C)(C)O)cc1. The second-order valence-electron chi connectivity index (χ2n) is 7.49. The Bertz CT molecular complexity index is 1020. The van der Waals surface area contributed by atoms with Crippen molar-refractivity contribution >= 4 is 21.5 Å². The van der Waals surface area contributed by atoms with Gasteiger partial charge < -0.3 is 15.7 Å². The maximum Gasteiger partial charge on any atom is 0.244 e. The van der Waals surface area contributed by atoms with Crippen molar-refractivity contribution in [2.24, 2.45) is 0 Å². The normalized spacial score (nSPS) is 18.2. The van der Waals surface area contributed by atoms with Crippen LogP contribution in [0, 0.1) is 11.8 Å². The molecule has 0 amide bonds. The third-order valence-corrected chi connectivity index (χ3v) is 6.81. The largest absolute Gasteiger partial charge is 0.386 e. The summed E-state index contributed by atoms with van der Waals surface area (Å²) in [7, 11) is -3.67. The standard InChI is InChI=1S/C21H26N4O3S/c1-4-5-18-15-24(29(27,28)19-10-11-20(22)23-14-19)12-13-25(18)17-8-6-16(7-9-17)21(2,3)26/h6-11,14,18,26H,12-13,15H2,1-3H3,(H2,22,23). The van der Waals surface area contributed by atoms with E-state index in [-0.39, 0.29) is 23.3 Å². The fraction of sp³-hybridized carbons (Fsp3) is 0.381. The van der Waals surface area contributed by atoms with Gasteiger partial charge in [-0.25, -0.2) is 13.4 Å². The van der Waals surface area contributed by atoms with Crippen molar-refractivity contribution in [3.8, 4) is 11.8 Å². The van der Waals surface area contributed by atoms with E-state index < -0.39 is 15.6 Å². The number of hydrogen-bond donors (Lipinski definition) is 2. The zero-order valence-electron chi connectivity index (χ0n) is 16.8. The Hall–Kier alpha value is -2.60. The van der Waals surface area contributed by atoms with Gasteiger partial charge in [-0.05, 0) is 50.6 Å². The van der Waals surface area contributed by atoms with Crippen LogP contribution in [0.3, 0.4) is 0 Å². The minimum absolute atomic E-state index is 0.123. The molecule has 0 bridgehead atoms. The van der Waals surface area contributed by atoms with E-state index in [9.17, 15) is 13.5 Å². The highest BCUT2D eigenvalue weighted by atomic mass is 32.2. The van der Waals surface area contributed by atoms with Gasteiger partial charge in [-0.1, -0.05) is 18.1 Å². The molecule has 0 saturated carbocycles. The van der Waals surface area contributed by atoms with Crippen LogP contribution in [-0.4, -0.2) is 48.5 Å². The molecule has 29 heavy (non-hydrogen) atoms. The minimum Gasteiger partial charge on any atom is -0.386 e. The molecule has 1 aliphatic rings. The Morgan fingerprint density at radius 3 is 2.41 bits per heavy atom. The number of aliphatic hydroxyl groups is 1. The molecule has 1 unspecified atom stereocenters. The molecule has 8 heteroatoms. The highest BCUT2D eigenvalue weighted by molar-refractivity contribution is 7.89. The van der Waals surface area contributed by atoms with Crippen molar-refractivity contribution in [1.82, 2.24) is 9.29 Å². The first-order valence-electron chi connectivity index (χ1n) is 9.36. The van der Waals surface area contributed by atoms with E-state index in [0.717, 1.165) is 11.3 Å². The number of anilines is 2. The summed E-state index contributed by atoms with van der Waals surface area (Å²) in [6, 6.07) is 10.3. The molecule has 1 aliphatic heterocycles. The molecule has 2 heterocycles. The summed E-state index contributed by atoms with van der Waals surface area (Å²) >= 11 is 0. The molecule has 0 aliphatic carbocycles. The number of piperazine rings is 1. The van der Waals surface area contributed by atoms with Crippen molar-refractivity contribution in [3.63, 3.8) is 0 Å². The number of rotatable bonds is 4. The monoisotopic (exact) mass is 414 g/mol. The van der Waals surface area contributed by atoms with Gasteiger partial charge in [0.15, 0.2) is 0 Å². The summed E-state index contributed by atoms with van der Waals surface area (Å²) < 4.78 is 27.4. The van der Waals surface area contributed by atoms with E-state index in [1.54, 1.807) is 20.8 Å². The lowest BCUT2D eigenvalue weighted by molar-refractivity contribution is 0.0786. The minimum atomic E-state index is -3.67. The van der Waals surface area contributed by atoms with Gasteiger partial charge in [0.05, 0.1) is 5.60 Å².